The Balaban J connectivity index is 1.57. The SMILES string of the molecule is CN1CCN(C(=O)c2ccc3c(c2)nc(Nc2ccccc2)n3-c2cccc(Cl)c2)CC1. The van der Waals surface area contributed by atoms with E-state index in [-0.39, 0.29) is 5.91 Å². The summed E-state index contributed by atoms with van der Waals surface area (Å²) < 4.78 is 2.03. The van der Waals surface area contributed by atoms with Gasteiger partial charge in [-0.2, -0.15) is 0 Å². The number of para-hydroxylation sites is 1. The molecule has 1 N–H and O–H groups in total. The third-order valence-corrected chi connectivity index (χ3v) is 6.02. The summed E-state index contributed by atoms with van der Waals surface area (Å²) in [6.45, 7) is 3.27. The zero-order chi connectivity index (χ0) is 22.1. The smallest absolute Gasteiger partial charge is 0.254 e. The van der Waals surface area contributed by atoms with Crippen LogP contribution < -0.4 is 5.32 Å². The number of likely N-dealkylation sites (N-methyl/N-ethyl adjacent to an activating group) is 1. The Bertz CT molecular complexity index is 1260. The van der Waals surface area contributed by atoms with Crippen molar-refractivity contribution in [2.24, 2.45) is 0 Å². The predicted molar refractivity (Wildman–Crippen MR) is 129 cm³/mol. The van der Waals surface area contributed by atoms with Crippen LogP contribution >= 0.6 is 11.6 Å². The van der Waals surface area contributed by atoms with Crippen molar-refractivity contribution in [2.45, 2.75) is 0 Å². The molecule has 0 atom stereocenters. The molecule has 0 unspecified atom stereocenters. The summed E-state index contributed by atoms with van der Waals surface area (Å²) in [6.07, 6.45) is 0. The Kier molecular flexibility index (Phi) is 5.55. The van der Waals surface area contributed by atoms with Crippen LogP contribution in [-0.4, -0.2) is 58.5 Å². The zero-order valence-electron chi connectivity index (χ0n) is 17.8. The molecule has 3 aromatic carbocycles. The van der Waals surface area contributed by atoms with Gasteiger partial charge in [0.15, 0.2) is 0 Å². The van der Waals surface area contributed by atoms with Crippen molar-refractivity contribution in [2.75, 3.05) is 38.5 Å². The molecule has 2 heterocycles. The van der Waals surface area contributed by atoms with E-state index in [1.54, 1.807) is 0 Å². The predicted octanol–water partition coefficient (Wildman–Crippen LogP) is 4.81. The van der Waals surface area contributed by atoms with Gasteiger partial charge in [-0.1, -0.05) is 35.9 Å². The molecule has 1 aliphatic heterocycles. The number of hydrogen-bond donors (Lipinski definition) is 1. The van der Waals surface area contributed by atoms with Gasteiger partial charge in [-0.25, -0.2) is 4.98 Å². The number of imidazole rings is 1. The fourth-order valence-electron chi connectivity index (χ4n) is 4.02. The lowest BCUT2D eigenvalue weighted by atomic mass is 10.1. The Labute approximate surface area is 192 Å². The molecule has 0 aliphatic carbocycles. The summed E-state index contributed by atoms with van der Waals surface area (Å²) in [5, 5.41) is 4.05. The van der Waals surface area contributed by atoms with E-state index >= 15 is 0 Å². The van der Waals surface area contributed by atoms with Crippen molar-refractivity contribution in [3.8, 4) is 5.69 Å². The molecular weight excluding hydrogens is 422 g/mol. The fraction of sp³-hybridized carbons (Fsp3) is 0.200. The summed E-state index contributed by atoms with van der Waals surface area (Å²) in [6, 6.07) is 23.3. The number of rotatable bonds is 4. The summed E-state index contributed by atoms with van der Waals surface area (Å²) in [7, 11) is 2.08. The third kappa shape index (κ3) is 4.07. The van der Waals surface area contributed by atoms with Crippen LogP contribution in [-0.2, 0) is 0 Å². The molecule has 1 saturated heterocycles. The number of hydrogen-bond acceptors (Lipinski definition) is 4. The minimum Gasteiger partial charge on any atom is -0.336 e. The normalized spacial score (nSPS) is 14.6. The van der Waals surface area contributed by atoms with Crippen LogP contribution in [0.15, 0.2) is 72.8 Å². The highest BCUT2D eigenvalue weighted by atomic mass is 35.5. The van der Waals surface area contributed by atoms with E-state index in [0.717, 1.165) is 48.6 Å². The van der Waals surface area contributed by atoms with Crippen LogP contribution in [0.1, 0.15) is 10.4 Å². The maximum atomic E-state index is 13.1. The van der Waals surface area contributed by atoms with Crippen molar-refractivity contribution < 1.29 is 4.79 Å². The number of piperazine rings is 1. The number of aromatic nitrogens is 2. The summed E-state index contributed by atoms with van der Waals surface area (Å²) in [5.41, 5.74) is 4.14. The van der Waals surface area contributed by atoms with Crippen LogP contribution in [0.5, 0.6) is 0 Å². The van der Waals surface area contributed by atoms with Crippen molar-refractivity contribution in [3.63, 3.8) is 0 Å². The molecule has 1 aromatic heterocycles. The maximum Gasteiger partial charge on any atom is 0.254 e. The molecule has 0 saturated carbocycles. The second-order valence-electron chi connectivity index (χ2n) is 8.04. The van der Waals surface area contributed by atoms with Gasteiger partial charge >= 0.3 is 0 Å². The van der Waals surface area contributed by atoms with E-state index in [1.165, 1.54) is 0 Å². The quantitative estimate of drug-likeness (QED) is 0.489. The minimum absolute atomic E-state index is 0.0508. The molecule has 32 heavy (non-hydrogen) atoms. The van der Waals surface area contributed by atoms with Crippen molar-refractivity contribution in [1.82, 2.24) is 19.4 Å². The van der Waals surface area contributed by atoms with Gasteiger partial charge in [0.05, 0.1) is 16.7 Å². The van der Waals surface area contributed by atoms with Gasteiger partial charge in [0, 0.05) is 42.5 Å². The molecule has 0 spiro atoms. The van der Waals surface area contributed by atoms with Crippen LogP contribution in [0.2, 0.25) is 5.02 Å². The van der Waals surface area contributed by atoms with Gasteiger partial charge in [0.25, 0.3) is 5.91 Å². The molecule has 0 bridgehead atoms. The Morgan fingerprint density at radius 2 is 1.72 bits per heavy atom. The van der Waals surface area contributed by atoms with Crippen molar-refractivity contribution in [1.29, 1.82) is 0 Å². The number of amides is 1. The van der Waals surface area contributed by atoms with Gasteiger partial charge < -0.3 is 15.1 Å². The molecule has 6 nitrogen and oxygen atoms in total. The first-order valence-electron chi connectivity index (χ1n) is 10.7. The highest BCUT2D eigenvalue weighted by molar-refractivity contribution is 6.30. The first-order valence-corrected chi connectivity index (χ1v) is 11.0. The molecule has 1 aliphatic rings. The van der Waals surface area contributed by atoms with Gasteiger partial charge in [-0.3, -0.25) is 9.36 Å². The Morgan fingerprint density at radius 1 is 0.938 bits per heavy atom. The number of carbonyl (C=O) groups excluding carboxylic acids is 1. The van der Waals surface area contributed by atoms with Crippen LogP contribution in [0.3, 0.4) is 0 Å². The topological polar surface area (TPSA) is 53.4 Å². The van der Waals surface area contributed by atoms with Gasteiger partial charge in [-0.05, 0) is 55.6 Å². The maximum absolute atomic E-state index is 13.1. The minimum atomic E-state index is 0.0508. The largest absolute Gasteiger partial charge is 0.336 e. The van der Waals surface area contributed by atoms with E-state index in [2.05, 4.69) is 17.3 Å². The lowest BCUT2D eigenvalue weighted by molar-refractivity contribution is 0.0664. The van der Waals surface area contributed by atoms with Crippen LogP contribution in [0, 0.1) is 0 Å². The number of halogens is 1. The van der Waals surface area contributed by atoms with Gasteiger partial charge in [0.1, 0.15) is 0 Å². The fourth-order valence-corrected chi connectivity index (χ4v) is 4.20. The lowest BCUT2D eigenvalue weighted by Crippen LogP contribution is -2.47. The van der Waals surface area contributed by atoms with Gasteiger partial charge in [-0.15, -0.1) is 0 Å². The lowest BCUT2D eigenvalue weighted by Gasteiger charge is -2.32. The molecule has 5 rings (SSSR count). The average Bonchev–Trinajstić information content (AvgIpc) is 3.16. The molecule has 1 fully saturated rings. The molecule has 1 amide bonds. The third-order valence-electron chi connectivity index (χ3n) is 5.79. The highest BCUT2D eigenvalue weighted by Crippen LogP contribution is 2.29. The van der Waals surface area contributed by atoms with E-state index in [9.17, 15) is 4.79 Å². The molecular formula is C25H24ClN5O. The van der Waals surface area contributed by atoms with Crippen LogP contribution in [0.25, 0.3) is 16.7 Å². The first-order chi connectivity index (χ1) is 15.6. The second kappa shape index (κ2) is 8.65. The Morgan fingerprint density at radius 3 is 2.47 bits per heavy atom. The number of benzene rings is 3. The monoisotopic (exact) mass is 445 g/mol. The Hall–Kier alpha value is -3.35. The zero-order valence-corrected chi connectivity index (χ0v) is 18.6. The summed E-state index contributed by atoms with van der Waals surface area (Å²) >= 11 is 6.28. The number of nitrogens with one attached hydrogen (secondary N) is 1. The summed E-state index contributed by atoms with van der Waals surface area (Å²) in [4.78, 5) is 22.1. The number of fused-ring (bicyclic) bond motifs is 1. The standard InChI is InChI=1S/C25H24ClN5O/c1-29-12-14-30(15-13-29)24(32)18-10-11-23-22(16-18)28-25(27-20-7-3-2-4-8-20)31(23)21-9-5-6-19(26)17-21/h2-11,16-17H,12-15H2,1H3,(H,27,28). The van der Waals surface area contributed by atoms with E-state index < -0.39 is 0 Å². The van der Waals surface area contributed by atoms with Crippen LogP contribution in [0.4, 0.5) is 11.6 Å². The summed E-state index contributed by atoms with van der Waals surface area (Å²) in [5.74, 6) is 0.715. The number of anilines is 2. The number of nitrogens with zero attached hydrogens (tertiary/aromatic N) is 4. The van der Waals surface area contributed by atoms with Gasteiger partial charge in [0.2, 0.25) is 5.95 Å². The molecule has 0 radical (unpaired) electrons. The van der Waals surface area contributed by atoms with Crippen molar-refractivity contribution >= 4 is 40.2 Å². The molecule has 162 valence electrons. The van der Waals surface area contributed by atoms with Crippen molar-refractivity contribution in [3.05, 3.63) is 83.4 Å². The molecule has 7 heteroatoms. The van der Waals surface area contributed by atoms with E-state index in [4.69, 9.17) is 16.6 Å². The first kappa shape index (κ1) is 20.5. The van der Waals surface area contributed by atoms with E-state index in [0.29, 0.717) is 16.5 Å². The van der Waals surface area contributed by atoms with E-state index in [1.807, 2.05) is 82.3 Å². The highest BCUT2D eigenvalue weighted by Gasteiger charge is 2.22. The average molecular weight is 446 g/mol. The second-order valence-corrected chi connectivity index (χ2v) is 8.48. The number of carbonyl (C=O) groups is 1. The molecule has 4 aromatic rings.